The first-order valence-electron chi connectivity index (χ1n) is 19.2. The standard InChI is InChI=1S/C27H50N2O8.C5H9NS.C5H13N.C2H7N.6CH4/c1-9-26(6,24(34)37-16-15-36-14-13-35-8)11-10-12-27(7,23(33)29-18-21(3)31)19-25(4,5)22(32)28-17-20(2)30;1-6-4-2-3-5(6)7;1-3-4-5-6-2;1-3-2;;;;;;/h21,31H,9-19H2,1-8H3,(H,28,32)(H,29,33);2-4H2,1H3;6H,3-5H2,1-2H3;3H,1-2H3;6*1H4. The van der Waals surface area contributed by atoms with Crippen LogP contribution < -0.4 is 21.3 Å². The molecule has 3 atom stereocenters. The molecule has 13 nitrogen and oxygen atoms in total. The lowest BCUT2D eigenvalue weighted by Gasteiger charge is -2.36. The molecule has 5 N–H and O–H groups in total. The number of aliphatic hydroxyl groups is 1. The summed E-state index contributed by atoms with van der Waals surface area (Å²) in [6.45, 7) is 17.9. The maximum absolute atomic E-state index is 13.2. The van der Waals surface area contributed by atoms with Crippen LogP contribution in [0.15, 0.2) is 0 Å². The van der Waals surface area contributed by atoms with E-state index in [0.29, 0.717) is 38.9 Å². The van der Waals surface area contributed by atoms with E-state index in [-0.39, 0.29) is 101 Å². The van der Waals surface area contributed by atoms with Crippen LogP contribution in [0.5, 0.6) is 0 Å². The number of rotatable bonds is 23. The summed E-state index contributed by atoms with van der Waals surface area (Å²) < 4.78 is 15.7. The highest BCUT2D eigenvalue weighted by Gasteiger charge is 2.42. The quantitative estimate of drug-likeness (QED) is 0.0381. The molecular formula is C45H103N5O8S. The summed E-state index contributed by atoms with van der Waals surface area (Å²) >= 11 is 4.97. The van der Waals surface area contributed by atoms with Gasteiger partial charge in [0.15, 0.2) is 0 Å². The monoisotopic (exact) mass is 874 g/mol. The Morgan fingerprint density at radius 2 is 1.37 bits per heavy atom. The van der Waals surface area contributed by atoms with E-state index < -0.39 is 22.3 Å². The predicted molar refractivity (Wildman–Crippen MR) is 259 cm³/mol. The van der Waals surface area contributed by atoms with Crippen molar-refractivity contribution in [1.29, 1.82) is 0 Å². The second-order valence-corrected chi connectivity index (χ2v) is 15.4. The average molecular weight is 874 g/mol. The number of ether oxygens (including phenoxy) is 3. The van der Waals surface area contributed by atoms with Crippen LogP contribution in [0.25, 0.3) is 0 Å². The molecule has 0 aromatic rings. The van der Waals surface area contributed by atoms with E-state index in [4.69, 9.17) is 26.4 Å². The van der Waals surface area contributed by atoms with Crippen LogP contribution in [0.1, 0.15) is 158 Å². The third-order valence-electron chi connectivity index (χ3n) is 8.76. The molecule has 1 heterocycles. The first-order valence-corrected chi connectivity index (χ1v) is 19.6. The van der Waals surface area contributed by atoms with E-state index in [1.54, 1.807) is 34.8 Å². The number of hydrogen-bond donors (Lipinski definition) is 5. The van der Waals surface area contributed by atoms with Gasteiger partial charge >= 0.3 is 5.97 Å². The number of nitrogens with zero attached hydrogens (tertiary/aromatic N) is 1. The van der Waals surface area contributed by atoms with Crippen LogP contribution in [0.2, 0.25) is 0 Å². The summed E-state index contributed by atoms with van der Waals surface area (Å²) in [6, 6.07) is 0. The first-order chi connectivity index (χ1) is 24.8. The van der Waals surface area contributed by atoms with Crippen LogP contribution in [0.4, 0.5) is 0 Å². The lowest BCUT2D eigenvalue weighted by molar-refractivity contribution is -0.157. The molecule has 0 bridgehead atoms. The Morgan fingerprint density at radius 3 is 1.75 bits per heavy atom. The number of ketones is 1. The molecule has 59 heavy (non-hydrogen) atoms. The molecule has 0 aromatic carbocycles. The summed E-state index contributed by atoms with van der Waals surface area (Å²) in [5, 5.41) is 20.9. The molecule has 3 unspecified atom stereocenters. The average Bonchev–Trinajstić information content (AvgIpc) is 3.48. The minimum Gasteiger partial charge on any atom is -0.463 e. The van der Waals surface area contributed by atoms with Crippen molar-refractivity contribution in [2.75, 3.05) is 87.9 Å². The highest BCUT2D eigenvalue weighted by molar-refractivity contribution is 7.80. The second-order valence-electron chi connectivity index (χ2n) is 14.9. The van der Waals surface area contributed by atoms with Crippen molar-refractivity contribution in [3.63, 3.8) is 0 Å². The van der Waals surface area contributed by atoms with Crippen LogP contribution >= 0.6 is 12.2 Å². The van der Waals surface area contributed by atoms with Gasteiger partial charge in [0.2, 0.25) is 11.8 Å². The van der Waals surface area contributed by atoms with Gasteiger partial charge < -0.3 is 45.5 Å². The highest BCUT2D eigenvalue weighted by Crippen LogP contribution is 2.40. The van der Waals surface area contributed by atoms with Crippen LogP contribution in [-0.2, 0) is 33.4 Å². The van der Waals surface area contributed by atoms with Gasteiger partial charge in [-0.25, -0.2) is 0 Å². The molecular weight excluding hydrogens is 771 g/mol. The number of carbonyl (C=O) groups is 4. The van der Waals surface area contributed by atoms with Crippen molar-refractivity contribution in [2.24, 2.45) is 16.2 Å². The van der Waals surface area contributed by atoms with E-state index in [1.165, 1.54) is 32.7 Å². The molecule has 1 rings (SSSR count). The Bertz CT molecular complexity index is 1010. The highest BCUT2D eigenvalue weighted by atomic mass is 32.1. The fraction of sp³-hybridized carbons (Fsp3) is 0.889. The zero-order valence-corrected chi connectivity index (χ0v) is 36.6. The Labute approximate surface area is 372 Å². The lowest BCUT2D eigenvalue weighted by atomic mass is 9.69. The molecule has 0 aromatic heterocycles. The third kappa shape index (κ3) is 39.7. The zero-order chi connectivity index (χ0) is 41.5. The largest absolute Gasteiger partial charge is 0.463 e. The van der Waals surface area contributed by atoms with E-state index in [9.17, 15) is 24.3 Å². The Morgan fingerprint density at radius 1 is 0.847 bits per heavy atom. The zero-order valence-electron chi connectivity index (χ0n) is 35.8. The molecule has 14 heteroatoms. The van der Waals surface area contributed by atoms with Crippen molar-refractivity contribution in [3.8, 4) is 0 Å². The maximum Gasteiger partial charge on any atom is 0.311 e. The molecule has 2 amide bonds. The number of aliphatic hydroxyl groups excluding tert-OH is 1. The van der Waals surface area contributed by atoms with Gasteiger partial charge in [-0.1, -0.05) is 104 Å². The summed E-state index contributed by atoms with van der Waals surface area (Å²) in [5.74, 6) is -1.05. The van der Waals surface area contributed by atoms with E-state index in [0.717, 1.165) is 18.0 Å². The number of amides is 2. The number of nitrogens with one attached hydrogen (secondary N) is 4. The molecule has 1 fully saturated rings. The molecule has 0 aliphatic carbocycles. The number of thiocarbonyl (C=S) groups is 1. The number of hydrogen-bond acceptors (Lipinski definition) is 11. The molecule has 0 radical (unpaired) electrons. The molecule has 0 saturated carbocycles. The third-order valence-corrected chi connectivity index (χ3v) is 9.28. The maximum atomic E-state index is 13.2. The summed E-state index contributed by atoms with van der Waals surface area (Å²) in [7, 11) is 9.37. The van der Waals surface area contributed by atoms with Crippen molar-refractivity contribution in [3.05, 3.63) is 0 Å². The first kappa shape index (κ1) is 77.4. The van der Waals surface area contributed by atoms with Gasteiger partial charge in [0.05, 0.1) is 42.9 Å². The Balaban J connectivity index is -0.000000136. The number of likely N-dealkylation sites (tertiary alicyclic amines) is 1. The number of unbranched alkanes of at least 4 members (excludes halogenated alkanes) is 1. The van der Waals surface area contributed by atoms with E-state index in [2.05, 4.69) is 40.1 Å². The number of methoxy groups -OCH3 is 1. The van der Waals surface area contributed by atoms with Gasteiger partial charge in [0, 0.05) is 38.1 Å². The summed E-state index contributed by atoms with van der Waals surface area (Å²) in [4.78, 5) is 53.4. The number of carbonyl (C=O) groups excluding carboxylic acids is 4. The molecule has 1 saturated heterocycles. The molecule has 1 aliphatic rings. The van der Waals surface area contributed by atoms with Crippen LogP contribution in [0.3, 0.4) is 0 Å². The minimum atomic E-state index is -0.945. The smallest absolute Gasteiger partial charge is 0.311 e. The van der Waals surface area contributed by atoms with Crippen LogP contribution in [0, 0.1) is 16.2 Å². The van der Waals surface area contributed by atoms with E-state index >= 15 is 0 Å². The van der Waals surface area contributed by atoms with Gasteiger partial charge in [0.25, 0.3) is 0 Å². The molecule has 1 aliphatic heterocycles. The normalized spacial score (nSPS) is 13.6. The van der Waals surface area contributed by atoms with Crippen molar-refractivity contribution in [2.45, 2.75) is 164 Å². The number of Topliss-reactive ketones (excluding diaryl/α,β-unsaturated/α-hetero) is 1. The number of esters is 1. The van der Waals surface area contributed by atoms with Crippen molar-refractivity contribution in [1.82, 2.24) is 26.2 Å². The van der Waals surface area contributed by atoms with Crippen molar-refractivity contribution >= 4 is 40.8 Å². The Hall–Kier alpha value is -2.23. The molecule has 0 spiro atoms. The van der Waals surface area contributed by atoms with Crippen LogP contribution in [-0.4, -0.2) is 133 Å². The van der Waals surface area contributed by atoms with Gasteiger partial charge in [-0.05, 0) is 93.4 Å². The topological polar surface area (TPSA) is 168 Å². The summed E-state index contributed by atoms with van der Waals surface area (Å²) in [5.41, 5.74) is -2.60. The fourth-order valence-electron chi connectivity index (χ4n) is 5.28. The van der Waals surface area contributed by atoms with Gasteiger partial charge in [-0.15, -0.1) is 0 Å². The second kappa shape index (κ2) is 45.3. The fourth-order valence-corrected chi connectivity index (χ4v) is 5.51. The summed E-state index contributed by atoms with van der Waals surface area (Å²) in [6.07, 6.45) is 6.54. The predicted octanol–water partition coefficient (Wildman–Crippen LogP) is 8.10. The minimum absolute atomic E-state index is 0. The van der Waals surface area contributed by atoms with Gasteiger partial charge in [0.1, 0.15) is 12.4 Å². The lowest BCUT2D eigenvalue weighted by Crippen LogP contribution is -2.48. The SMILES string of the molecule is C.C.C.C.C.C.CCC(C)(CCCC(C)(CC(C)(C)C(=O)NCC(C)=O)C(=O)NCC(C)O)C(=O)OCCOCCOC.CCCCNC.CN1CCCC1=S.CNC. The van der Waals surface area contributed by atoms with E-state index in [1.807, 2.05) is 35.0 Å². The van der Waals surface area contributed by atoms with Crippen molar-refractivity contribution < 1.29 is 38.5 Å². The van der Waals surface area contributed by atoms with Gasteiger partial charge in [-0.3, -0.25) is 19.2 Å². The van der Waals surface area contributed by atoms with Gasteiger partial charge in [-0.2, -0.15) is 0 Å². The molecule has 362 valence electrons. The Kier molecular flexibility index (Phi) is 59.4.